The fourth-order valence-electron chi connectivity index (χ4n) is 2.68. The second-order valence-corrected chi connectivity index (χ2v) is 8.67. The molecule has 0 spiro atoms. The second-order valence-electron chi connectivity index (χ2n) is 6.10. The van der Waals surface area contributed by atoms with Crippen LogP contribution in [0.4, 0.5) is 10.8 Å². The minimum Gasteiger partial charge on any atom is -0.454 e. The highest BCUT2D eigenvalue weighted by Crippen LogP contribution is 2.39. The van der Waals surface area contributed by atoms with E-state index in [4.69, 9.17) is 13.7 Å². The quantitative estimate of drug-likeness (QED) is 0.339. The van der Waals surface area contributed by atoms with Gasteiger partial charge in [-0.15, -0.1) is 0 Å². The van der Waals surface area contributed by atoms with Crippen molar-refractivity contribution in [3.63, 3.8) is 0 Å². The van der Waals surface area contributed by atoms with Crippen molar-refractivity contribution in [2.75, 3.05) is 12.1 Å². The van der Waals surface area contributed by atoms with Gasteiger partial charge >= 0.3 is 10.1 Å². The van der Waals surface area contributed by atoms with E-state index in [0.717, 1.165) is 28.2 Å². The van der Waals surface area contributed by atoms with Crippen LogP contribution in [0, 0.1) is 10.1 Å². The van der Waals surface area contributed by atoms with Gasteiger partial charge in [-0.1, -0.05) is 23.5 Å². The molecular formula is C17H13N3O8S2. The number of nitro benzene ring substituents is 1. The van der Waals surface area contributed by atoms with Crippen molar-refractivity contribution in [2.45, 2.75) is 17.9 Å². The maximum Gasteiger partial charge on any atom is 0.304 e. The lowest BCUT2D eigenvalue weighted by atomic mass is 10.3. The minimum atomic E-state index is -4.56. The number of nitro groups is 1. The number of anilines is 1. The lowest BCUT2D eigenvalue weighted by molar-refractivity contribution is -0.387. The zero-order chi connectivity index (χ0) is 21.5. The van der Waals surface area contributed by atoms with Crippen molar-refractivity contribution in [2.24, 2.45) is 0 Å². The molecule has 1 amide bonds. The number of para-hydroxylation sites is 1. The van der Waals surface area contributed by atoms with Gasteiger partial charge in [0.15, 0.2) is 27.6 Å². The normalized spacial score (nSPS) is 13.9. The number of aromatic nitrogens is 1. The Morgan fingerprint density at radius 3 is 2.73 bits per heavy atom. The van der Waals surface area contributed by atoms with Crippen LogP contribution in [-0.2, 0) is 19.1 Å². The summed E-state index contributed by atoms with van der Waals surface area (Å²) in [7, 11) is -4.56. The van der Waals surface area contributed by atoms with E-state index in [1.54, 1.807) is 12.1 Å². The number of fused-ring (bicyclic) bond motifs is 2. The smallest absolute Gasteiger partial charge is 0.304 e. The Kier molecular flexibility index (Phi) is 5.01. The lowest BCUT2D eigenvalue weighted by Crippen LogP contribution is -2.30. The summed E-state index contributed by atoms with van der Waals surface area (Å²) in [5.41, 5.74) is -0.0746. The SMILES string of the molecule is C[C@@H](OS(=O)(=O)c1ccccc1[N+](=O)[O-])C(=O)Nc1nc2cc3c(cc2s1)OCO3. The highest BCUT2D eigenvalue weighted by Gasteiger charge is 2.30. The highest BCUT2D eigenvalue weighted by atomic mass is 32.2. The first-order valence-corrected chi connectivity index (χ1v) is 10.6. The number of nitrogens with zero attached hydrogens (tertiary/aromatic N) is 2. The van der Waals surface area contributed by atoms with Gasteiger partial charge in [-0.3, -0.25) is 24.4 Å². The maximum atomic E-state index is 12.4. The molecule has 2 aromatic carbocycles. The number of nitrogens with one attached hydrogen (secondary N) is 1. The van der Waals surface area contributed by atoms with E-state index in [2.05, 4.69) is 10.3 Å². The van der Waals surface area contributed by atoms with Gasteiger partial charge in [0.1, 0.15) is 0 Å². The molecule has 1 aliphatic heterocycles. The first kappa shape index (κ1) is 20.0. The lowest BCUT2D eigenvalue weighted by Gasteiger charge is -2.12. The van der Waals surface area contributed by atoms with Crippen molar-refractivity contribution in [3.05, 3.63) is 46.5 Å². The van der Waals surface area contributed by atoms with Crippen molar-refractivity contribution in [3.8, 4) is 11.5 Å². The predicted octanol–water partition coefficient (Wildman–Crippen LogP) is 2.67. The molecule has 0 fully saturated rings. The molecule has 3 aromatic rings. The Morgan fingerprint density at radius 2 is 2.00 bits per heavy atom. The van der Waals surface area contributed by atoms with Crippen molar-refractivity contribution in [1.82, 2.24) is 4.98 Å². The number of hydrogen-bond acceptors (Lipinski definition) is 10. The topological polar surface area (TPSA) is 147 Å². The zero-order valence-corrected chi connectivity index (χ0v) is 16.9. The largest absolute Gasteiger partial charge is 0.454 e. The zero-order valence-electron chi connectivity index (χ0n) is 15.2. The molecule has 11 nitrogen and oxygen atoms in total. The van der Waals surface area contributed by atoms with E-state index in [1.165, 1.54) is 19.1 Å². The molecule has 2 heterocycles. The highest BCUT2D eigenvalue weighted by molar-refractivity contribution is 7.87. The van der Waals surface area contributed by atoms with Gasteiger partial charge in [0.2, 0.25) is 6.79 Å². The Hall–Kier alpha value is -3.29. The first-order chi connectivity index (χ1) is 14.2. The van der Waals surface area contributed by atoms with Gasteiger partial charge in [-0.2, -0.15) is 8.42 Å². The third-order valence-electron chi connectivity index (χ3n) is 4.08. The molecule has 13 heteroatoms. The van der Waals surface area contributed by atoms with Crippen LogP contribution in [-0.4, -0.2) is 37.1 Å². The third-order valence-corrected chi connectivity index (χ3v) is 6.44. The number of ether oxygens (including phenoxy) is 2. The van der Waals surface area contributed by atoms with Crippen LogP contribution < -0.4 is 14.8 Å². The molecule has 30 heavy (non-hydrogen) atoms. The van der Waals surface area contributed by atoms with Crippen molar-refractivity contribution in [1.29, 1.82) is 0 Å². The average molecular weight is 451 g/mol. The summed E-state index contributed by atoms with van der Waals surface area (Å²) in [5, 5.41) is 13.8. The second kappa shape index (κ2) is 7.51. The molecule has 0 radical (unpaired) electrons. The van der Waals surface area contributed by atoms with Crippen LogP contribution in [0.15, 0.2) is 41.3 Å². The summed E-state index contributed by atoms with van der Waals surface area (Å²) in [6, 6.07) is 8.11. The number of thiazole rings is 1. The number of carbonyl (C=O) groups excluding carboxylic acids is 1. The molecule has 0 saturated carbocycles. The standard InChI is InChI=1S/C17H13N3O8S2/c1-9(28-30(24,25)15-5-3-2-4-11(15)20(22)23)16(21)19-17-18-10-6-12-13(27-8-26-12)7-14(10)29-17/h2-7,9H,8H2,1H3,(H,18,19,21)/t9-/m1/s1. The van der Waals surface area contributed by atoms with Crippen LogP contribution in [0.2, 0.25) is 0 Å². The summed E-state index contributed by atoms with van der Waals surface area (Å²) in [6.45, 7) is 1.34. The summed E-state index contributed by atoms with van der Waals surface area (Å²) in [5.74, 6) is 0.324. The molecule has 1 atom stereocenters. The average Bonchev–Trinajstić information content (AvgIpc) is 3.30. The van der Waals surface area contributed by atoms with Gasteiger partial charge in [0.05, 0.1) is 15.1 Å². The van der Waals surface area contributed by atoms with Crippen LogP contribution >= 0.6 is 11.3 Å². The van der Waals surface area contributed by atoms with Gasteiger partial charge < -0.3 is 9.47 Å². The van der Waals surface area contributed by atoms with E-state index in [0.29, 0.717) is 17.0 Å². The van der Waals surface area contributed by atoms with Crippen LogP contribution in [0.3, 0.4) is 0 Å². The minimum absolute atomic E-state index is 0.124. The van der Waals surface area contributed by atoms with Crippen LogP contribution in [0.25, 0.3) is 10.2 Å². The Morgan fingerprint density at radius 1 is 1.30 bits per heavy atom. The molecule has 0 bridgehead atoms. The molecule has 0 aliphatic carbocycles. The molecule has 4 rings (SSSR count). The van der Waals surface area contributed by atoms with Gasteiger partial charge in [0, 0.05) is 18.2 Å². The van der Waals surface area contributed by atoms with Gasteiger partial charge in [0.25, 0.3) is 11.6 Å². The van der Waals surface area contributed by atoms with Gasteiger partial charge in [-0.05, 0) is 13.0 Å². The Bertz CT molecular complexity index is 1230. The molecule has 1 aromatic heterocycles. The van der Waals surface area contributed by atoms with E-state index in [1.807, 2.05) is 0 Å². The van der Waals surface area contributed by atoms with Crippen molar-refractivity contribution < 1.29 is 31.8 Å². The van der Waals surface area contributed by atoms with Gasteiger partial charge in [-0.25, -0.2) is 4.98 Å². The van der Waals surface area contributed by atoms with E-state index in [9.17, 15) is 23.3 Å². The summed E-state index contributed by atoms with van der Waals surface area (Å²) < 4.78 is 41.0. The fraction of sp³-hybridized carbons (Fsp3) is 0.176. The molecular weight excluding hydrogens is 438 g/mol. The predicted molar refractivity (Wildman–Crippen MR) is 105 cm³/mol. The van der Waals surface area contributed by atoms with E-state index >= 15 is 0 Å². The molecule has 1 aliphatic rings. The van der Waals surface area contributed by atoms with Crippen LogP contribution in [0.5, 0.6) is 11.5 Å². The third kappa shape index (κ3) is 3.77. The number of amides is 1. The summed E-state index contributed by atoms with van der Waals surface area (Å²) in [4.78, 5) is 26.3. The molecule has 0 unspecified atom stereocenters. The summed E-state index contributed by atoms with van der Waals surface area (Å²) in [6.07, 6.45) is -1.46. The summed E-state index contributed by atoms with van der Waals surface area (Å²) >= 11 is 1.16. The van der Waals surface area contributed by atoms with E-state index < -0.39 is 37.6 Å². The number of benzene rings is 2. The van der Waals surface area contributed by atoms with Crippen molar-refractivity contribution >= 4 is 48.4 Å². The Balaban J connectivity index is 1.50. The molecule has 156 valence electrons. The Labute approximate surface area is 173 Å². The number of rotatable bonds is 6. The number of hydrogen-bond donors (Lipinski definition) is 1. The maximum absolute atomic E-state index is 12.4. The van der Waals surface area contributed by atoms with E-state index in [-0.39, 0.29) is 11.9 Å². The monoisotopic (exact) mass is 451 g/mol. The first-order valence-electron chi connectivity index (χ1n) is 8.42. The molecule has 1 N–H and O–H groups in total. The fourth-order valence-corrected chi connectivity index (χ4v) is 4.78. The number of carbonyl (C=O) groups is 1. The molecule has 0 saturated heterocycles. The van der Waals surface area contributed by atoms with Crippen LogP contribution in [0.1, 0.15) is 6.92 Å².